The van der Waals surface area contributed by atoms with E-state index in [1.54, 1.807) is 6.92 Å². The molecule has 0 heterocycles. The van der Waals surface area contributed by atoms with Crippen LogP contribution in [0.1, 0.15) is 44.4 Å². The molecular weight excluding hydrogens is 226 g/mol. The van der Waals surface area contributed by atoms with E-state index in [4.69, 9.17) is 4.74 Å². The Morgan fingerprint density at radius 1 is 1.44 bits per heavy atom. The highest BCUT2D eigenvalue weighted by Gasteiger charge is 2.22. The zero-order chi connectivity index (χ0) is 13.1. The quantitative estimate of drug-likeness (QED) is 0.842. The van der Waals surface area contributed by atoms with Gasteiger partial charge in [0.15, 0.2) is 0 Å². The van der Waals surface area contributed by atoms with Crippen LogP contribution in [0, 0.1) is 0 Å². The second-order valence-corrected chi connectivity index (χ2v) is 5.07. The summed E-state index contributed by atoms with van der Waals surface area (Å²) in [5.74, 6) is 0.860. The normalized spacial score (nSPS) is 21.4. The Balaban J connectivity index is 2.09. The third-order valence-electron chi connectivity index (χ3n) is 3.64. The van der Waals surface area contributed by atoms with E-state index in [0.29, 0.717) is 6.04 Å². The lowest BCUT2D eigenvalue weighted by Crippen LogP contribution is -2.25. The van der Waals surface area contributed by atoms with Gasteiger partial charge in [-0.05, 0) is 56.5 Å². The van der Waals surface area contributed by atoms with E-state index in [0.717, 1.165) is 18.7 Å². The molecule has 2 rings (SSSR count). The van der Waals surface area contributed by atoms with Crippen molar-refractivity contribution in [2.45, 2.75) is 51.9 Å². The summed E-state index contributed by atoms with van der Waals surface area (Å²) in [5, 5.41) is 13.0. The van der Waals surface area contributed by atoms with Crippen LogP contribution in [-0.2, 0) is 6.42 Å². The molecule has 0 radical (unpaired) electrons. The lowest BCUT2D eigenvalue weighted by Gasteiger charge is -2.18. The zero-order valence-electron chi connectivity index (χ0n) is 11.4. The Hall–Kier alpha value is -1.06. The molecule has 3 atom stereocenters. The molecule has 3 unspecified atom stereocenters. The highest BCUT2D eigenvalue weighted by molar-refractivity contribution is 5.40. The molecule has 0 spiro atoms. The summed E-state index contributed by atoms with van der Waals surface area (Å²) in [7, 11) is 0. The number of benzene rings is 1. The SMILES string of the molecule is CCNC1CCc2cc(OC(C)C(C)O)ccc21. The standard InChI is InChI=1S/C15H23NO2/c1-4-16-15-8-5-12-9-13(6-7-14(12)15)18-11(3)10(2)17/h6-7,9-11,15-17H,4-5,8H2,1-3H3. The largest absolute Gasteiger partial charge is 0.488 e. The van der Waals surface area contributed by atoms with Crippen molar-refractivity contribution in [1.29, 1.82) is 0 Å². The fraction of sp³-hybridized carbons (Fsp3) is 0.600. The molecule has 1 aromatic rings. The molecule has 1 aliphatic carbocycles. The van der Waals surface area contributed by atoms with Crippen LogP contribution in [0.5, 0.6) is 5.75 Å². The predicted molar refractivity (Wildman–Crippen MR) is 73.0 cm³/mol. The molecule has 3 nitrogen and oxygen atoms in total. The molecule has 0 bridgehead atoms. The van der Waals surface area contributed by atoms with E-state index in [1.165, 1.54) is 17.5 Å². The minimum Gasteiger partial charge on any atom is -0.488 e. The van der Waals surface area contributed by atoms with Crippen LogP contribution in [0.25, 0.3) is 0 Å². The number of hydrogen-bond donors (Lipinski definition) is 2. The lowest BCUT2D eigenvalue weighted by atomic mass is 10.1. The molecule has 0 amide bonds. The summed E-state index contributed by atoms with van der Waals surface area (Å²) in [5.41, 5.74) is 2.77. The maximum atomic E-state index is 9.45. The molecule has 0 aliphatic heterocycles. The Morgan fingerprint density at radius 3 is 2.89 bits per heavy atom. The zero-order valence-corrected chi connectivity index (χ0v) is 11.4. The third kappa shape index (κ3) is 2.85. The fourth-order valence-corrected chi connectivity index (χ4v) is 2.44. The van der Waals surface area contributed by atoms with Crippen molar-refractivity contribution in [2.75, 3.05) is 6.54 Å². The second kappa shape index (κ2) is 5.72. The van der Waals surface area contributed by atoms with Crippen molar-refractivity contribution < 1.29 is 9.84 Å². The molecular formula is C15H23NO2. The summed E-state index contributed by atoms with van der Waals surface area (Å²) >= 11 is 0. The van der Waals surface area contributed by atoms with Crippen molar-refractivity contribution >= 4 is 0 Å². The van der Waals surface area contributed by atoms with Gasteiger partial charge in [-0.1, -0.05) is 13.0 Å². The summed E-state index contributed by atoms with van der Waals surface area (Å²) in [6.07, 6.45) is 1.65. The van der Waals surface area contributed by atoms with Gasteiger partial charge in [0.2, 0.25) is 0 Å². The number of nitrogens with one attached hydrogen (secondary N) is 1. The Labute approximate surface area is 109 Å². The van der Waals surface area contributed by atoms with E-state index < -0.39 is 6.10 Å². The molecule has 1 aromatic carbocycles. The average molecular weight is 249 g/mol. The number of fused-ring (bicyclic) bond motifs is 1. The van der Waals surface area contributed by atoms with Gasteiger partial charge in [-0.3, -0.25) is 0 Å². The first-order valence-corrected chi connectivity index (χ1v) is 6.82. The monoisotopic (exact) mass is 249 g/mol. The smallest absolute Gasteiger partial charge is 0.121 e. The molecule has 2 N–H and O–H groups in total. The molecule has 0 saturated carbocycles. The van der Waals surface area contributed by atoms with Gasteiger partial charge in [-0.2, -0.15) is 0 Å². The minimum absolute atomic E-state index is 0.172. The molecule has 0 fully saturated rings. The summed E-state index contributed by atoms with van der Waals surface area (Å²) in [6, 6.07) is 6.77. The van der Waals surface area contributed by atoms with E-state index >= 15 is 0 Å². The summed E-state index contributed by atoms with van der Waals surface area (Å²) in [6.45, 7) is 6.78. The number of aliphatic hydroxyl groups excluding tert-OH is 1. The van der Waals surface area contributed by atoms with Crippen LogP contribution >= 0.6 is 0 Å². The number of aliphatic hydroxyl groups is 1. The third-order valence-corrected chi connectivity index (χ3v) is 3.64. The van der Waals surface area contributed by atoms with E-state index in [-0.39, 0.29) is 6.10 Å². The maximum absolute atomic E-state index is 9.45. The van der Waals surface area contributed by atoms with Crippen molar-refractivity contribution in [3.63, 3.8) is 0 Å². The van der Waals surface area contributed by atoms with Gasteiger partial charge in [0, 0.05) is 6.04 Å². The number of rotatable bonds is 5. The van der Waals surface area contributed by atoms with Crippen LogP contribution in [0.3, 0.4) is 0 Å². The molecule has 1 aliphatic rings. The van der Waals surface area contributed by atoms with Gasteiger partial charge in [-0.15, -0.1) is 0 Å². The van der Waals surface area contributed by atoms with Crippen LogP contribution in [0.4, 0.5) is 0 Å². The van der Waals surface area contributed by atoms with E-state index in [9.17, 15) is 5.11 Å². The van der Waals surface area contributed by atoms with Gasteiger partial charge in [0.05, 0.1) is 6.10 Å². The summed E-state index contributed by atoms with van der Waals surface area (Å²) < 4.78 is 5.73. The van der Waals surface area contributed by atoms with Crippen molar-refractivity contribution in [2.24, 2.45) is 0 Å². The first-order chi connectivity index (χ1) is 8.61. The van der Waals surface area contributed by atoms with Gasteiger partial charge in [0.1, 0.15) is 11.9 Å². The predicted octanol–water partition coefficient (Wildman–Crippen LogP) is 2.43. The fourth-order valence-electron chi connectivity index (χ4n) is 2.44. The van der Waals surface area contributed by atoms with Crippen molar-refractivity contribution in [1.82, 2.24) is 5.32 Å². The number of ether oxygens (including phenoxy) is 1. The summed E-state index contributed by atoms with van der Waals surface area (Å²) in [4.78, 5) is 0. The van der Waals surface area contributed by atoms with Gasteiger partial charge < -0.3 is 15.2 Å². The van der Waals surface area contributed by atoms with Crippen LogP contribution < -0.4 is 10.1 Å². The van der Waals surface area contributed by atoms with Crippen molar-refractivity contribution in [3.05, 3.63) is 29.3 Å². The molecule has 18 heavy (non-hydrogen) atoms. The van der Waals surface area contributed by atoms with Gasteiger partial charge >= 0.3 is 0 Å². The van der Waals surface area contributed by atoms with Gasteiger partial charge in [0.25, 0.3) is 0 Å². The Bertz CT molecular complexity index is 403. The van der Waals surface area contributed by atoms with Crippen molar-refractivity contribution in [3.8, 4) is 5.75 Å². The Morgan fingerprint density at radius 2 is 2.22 bits per heavy atom. The van der Waals surface area contributed by atoms with E-state index in [1.807, 2.05) is 13.0 Å². The van der Waals surface area contributed by atoms with Crippen LogP contribution in [0.15, 0.2) is 18.2 Å². The topological polar surface area (TPSA) is 41.5 Å². The number of hydrogen-bond acceptors (Lipinski definition) is 3. The molecule has 3 heteroatoms. The minimum atomic E-state index is -0.451. The van der Waals surface area contributed by atoms with Gasteiger partial charge in [-0.25, -0.2) is 0 Å². The molecule has 0 saturated heterocycles. The first-order valence-electron chi connectivity index (χ1n) is 6.82. The highest BCUT2D eigenvalue weighted by atomic mass is 16.5. The lowest BCUT2D eigenvalue weighted by molar-refractivity contribution is 0.0604. The average Bonchev–Trinajstić information content (AvgIpc) is 2.72. The van der Waals surface area contributed by atoms with Crippen LogP contribution in [-0.4, -0.2) is 23.9 Å². The van der Waals surface area contributed by atoms with Crippen LogP contribution in [0.2, 0.25) is 0 Å². The maximum Gasteiger partial charge on any atom is 0.121 e. The number of aryl methyl sites for hydroxylation is 1. The molecule has 100 valence electrons. The highest BCUT2D eigenvalue weighted by Crippen LogP contribution is 2.33. The first kappa shape index (κ1) is 13.4. The molecule has 0 aromatic heterocycles. The van der Waals surface area contributed by atoms with E-state index in [2.05, 4.69) is 24.4 Å². The Kier molecular flexibility index (Phi) is 4.25. The second-order valence-electron chi connectivity index (χ2n) is 5.07.